The molecule has 2 aromatic heterocycles. The first-order valence-corrected chi connectivity index (χ1v) is 9.68. The van der Waals surface area contributed by atoms with E-state index in [1.54, 1.807) is 17.4 Å². The molecule has 0 radical (unpaired) electrons. The van der Waals surface area contributed by atoms with Crippen LogP contribution in [0, 0.1) is 13.8 Å². The second-order valence-electron chi connectivity index (χ2n) is 6.03. The van der Waals surface area contributed by atoms with Crippen molar-refractivity contribution in [3.05, 3.63) is 39.5 Å². The van der Waals surface area contributed by atoms with Crippen molar-refractivity contribution in [2.45, 2.75) is 39.9 Å². The molecular weight excluding hydrogens is 391 g/mol. The van der Waals surface area contributed by atoms with Gasteiger partial charge in [-0.1, -0.05) is 0 Å². The summed E-state index contributed by atoms with van der Waals surface area (Å²) in [4.78, 5) is 14.0. The van der Waals surface area contributed by atoms with E-state index in [-0.39, 0.29) is 12.4 Å². The summed E-state index contributed by atoms with van der Waals surface area (Å²) < 4.78 is 41.4. The Kier molecular flexibility index (Phi) is 8.04. The highest BCUT2D eigenvalue weighted by Gasteiger charge is 2.28. The van der Waals surface area contributed by atoms with E-state index in [4.69, 9.17) is 0 Å². The van der Waals surface area contributed by atoms with E-state index < -0.39 is 12.8 Å². The van der Waals surface area contributed by atoms with Crippen molar-refractivity contribution >= 4 is 17.3 Å². The number of nitrogens with zero attached hydrogens (tertiary/aromatic N) is 3. The number of rotatable bonds is 8. The number of guanidine groups is 1. The normalized spacial score (nSPS) is 12.1. The van der Waals surface area contributed by atoms with Gasteiger partial charge >= 0.3 is 6.18 Å². The number of alkyl halides is 3. The van der Waals surface area contributed by atoms with Crippen LogP contribution in [0.2, 0.25) is 0 Å². The molecule has 2 N–H and O–H groups in total. The lowest BCUT2D eigenvalue weighted by Crippen LogP contribution is -2.38. The number of hydrogen-bond donors (Lipinski definition) is 2. The lowest BCUT2D eigenvalue weighted by atomic mass is 10.3. The minimum Gasteiger partial charge on any atom is -0.468 e. The molecule has 2 heterocycles. The van der Waals surface area contributed by atoms with Crippen LogP contribution >= 0.6 is 11.3 Å². The van der Waals surface area contributed by atoms with Gasteiger partial charge in [-0.15, -0.1) is 11.3 Å². The summed E-state index contributed by atoms with van der Waals surface area (Å²) >= 11 is 1.69. The number of ether oxygens (including phenoxy) is 1. The van der Waals surface area contributed by atoms with Gasteiger partial charge in [0.05, 0.1) is 17.2 Å². The number of thiazole rings is 1. The van der Waals surface area contributed by atoms with Gasteiger partial charge in [0.15, 0.2) is 12.6 Å². The smallest absolute Gasteiger partial charge is 0.422 e. The fourth-order valence-corrected chi connectivity index (χ4v) is 3.16. The number of aromatic nitrogens is 2. The summed E-state index contributed by atoms with van der Waals surface area (Å²) in [5.41, 5.74) is 1.76. The first-order valence-electron chi connectivity index (χ1n) is 8.86. The zero-order chi connectivity index (χ0) is 20.6. The molecule has 0 bridgehead atoms. The van der Waals surface area contributed by atoms with Gasteiger partial charge < -0.3 is 15.4 Å². The minimum atomic E-state index is -4.40. The maximum absolute atomic E-state index is 12.3. The SMILES string of the molecule is CCNC(=NCc1ccnc(OCC(F)(F)F)c1)NCCc1nc(C)c(C)s1. The standard InChI is InChI=1S/C18H24F3N5OS/c1-4-22-17(24-8-6-16-26-12(2)13(3)28-16)25-10-14-5-7-23-15(9-14)27-11-18(19,20)21/h5,7,9H,4,6,8,10-11H2,1-3H3,(H2,22,24,25). The molecule has 28 heavy (non-hydrogen) atoms. The van der Waals surface area contributed by atoms with Crippen LogP contribution in [0.1, 0.15) is 28.1 Å². The van der Waals surface area contributed by atoms with E-state index in [1.165, 1.54) is 17.1 Å². The molecule has 0 atom stereocenters. The zero-order valence-corrected chi connectivity index (χ0v) is 16.9. The third-order valence-corrected chi connectivity index (χ3v) is 4.78. The Bertz CT molecular complexity index is 772. The van der Waals surface area contributed by atoms with Gasteiger partial charge in [-0.3, -0.25) is 0 Å². The largest absolute Gasteiger partial charge is 0.468 e. The molecule has 0 amide bonds. The Morgan fingerprint density at radius 1 is 1.29 bits per heavy atom. The zero-order valence-electron chi connectivity index (χ0n) is 16.1. The fraction of sp³-hybridized carbons (Fsp3) is 0.500. The number of aryl methyl sites for hydroxylation is 2. The van der Waals surface area contributed by atoms with Gasteiger partial charge in [0.1, 0.15) is 0 Å². The van der Waals surface area contributed by atoms with E-state index in [2.05, 4.69) is 37.3 Å². The van der Waals surface area contributed by atoms with Crippen LogP contribution in [0.15, 0.2) is 23.3 Å². The molecule has 10 heteroatoms. The van der Waals surface area contributed by atoms with Gasteiger partial charge in [-0.05, 0) is 32.4 Å². The predicted molar refractivity (Wildman–Crippen MR) is 104 cm³/mol. The average molecular weight is 415 g/mol. The molecule has 154 valence electrons. The molecular formula is C18H24F3N5OS. The van der Waals surface area contributed by atoms with Gasteiger partial charge in [-0.25, -0.2) is 15.0 Å². The maximum atomic E-state index is 12.3. The van der Waals surface area contributed by atoms with Crippen molar-refractivity contribution in [3.63, 3.8) is 0 Å². The lowest BCUT2D eigenvalue weighted by Gasteiger charge is -2.11. The number of halogens is 3. The topological polar surface area (TPSA) is 71.4 Å². The Balaban J connectivity index is 1.90. The van der Waals surface area contributed by atoms with E-state index in [9.17, 15) is 13.2 Å². The maximum Gasteiger partial charge on any atom is 0.422 e. The lowest BCUT2D eigenvalue weighted by molar-refractivity contribution is -0.154. The summed E-state index contributed by atoms with van der Waals surface area (Å²) in [5.74, 6) is 0.555. The molecule has 2 aromatic rings. The molecule has 2 rings (SSSR count). The van der Waals surface area contributed by atoms with Crippen LogP contribution in [0.25, 0.3) is 0 Å². The summed E-state index contributed by atoms with van der Waals surface area (Å²) in [7, 11) is 0. The van der Waals surface area contributed by atoms with E-state index >= 15 is 0 Å². The predicted octanol–water partition coefficient (Wildman–Crippen LogP) is 3.39. The molecule has 0 aliphatic carbocycles. The quantitative estimate of drug-likeness (QED) is 0.511. The van der Waals surface area contributed by atoms with Crippen molar-refractivity contribution < 1.29 is 17.9 Å². The van der Waals surface area contributed by atoms with Crippen molar-refractivity contribution in [3.8, 4) is 5.88 Å². The molecule has 0 saturated carbocycles. The summed E-state index contributed by atoms with van der Waals surface area (Å²) in [5, 5.41) is 7.45. The van der Waals surface area contributed by atoms with E-state index in [1.807, 2.05) is 13.8 Å². The van der Waals surface area contributed by atoms with Crippen LogP contribution in [0.4, 0.5) is 13.2 Å². The van der Waals surface area contributed by atoms with Gasteiger partial charge in [0.2, 0.25) is 5.88 Å². The number of nitrogens with one attached hydrogen (secondary N) is 2. The highest BCUT2D eigenvalue weighted by atomic mass is 32.1. The van der Waals surface area contributed by atoms with Crippen LogP contribution in [0.3, 0.4) is 0 Å². The first-order chi connectivity index (χ1) is 13.3. The third-order valence-electron chi connectivity index (χ3n) is 3.65. The molecule has 0 aromatic carbocycles. The number of pyridine rings is 1. The first kappa shape index (κ1) is 21.9. The van der Waals surface area contributed by atoms with Crippen LogP contribution in [-0.2, 0) is 13.0 Å². The van der Waals surface area contributed by atoms with E-state index in [0.29, 0.717) is 24.6 Å². The average Bonchev–Trinajstić information content (AvgIpc) is 2.95. The molecule has 6 nitrogen and oxygen atoms in total. The molecule has 0 aliphatic heterocycles. The molecule has 0 spiro atoms. The second-order valence-corrected chi connectivity index (χ2v) is 7.32. The number of hydrogen-bond acceptors (Lipinski definition) is 5. The minimum absolute atomic E-state index is 0.0718. The molecule has 0 aliphatic rings. The van der Waals surface area contributed by atoms with Crippen molar-refractivity contribution in [2.24, 2.45) is 4.99 Å². The van der Waals surface area contributed by atoms with Gasteiger partial charge in [-0.2, -0.15) is 13.2 Å². The molecule has 0 fully saturated rings. The Hall–Kier alpha value is -2.36. The monoisotopic (exact) mass is 415 g/mol. The Morgan fingerprint density at radius 2 is 2.07 bits per heavy atom. The second kappa shape index (κ2) is 10.3. The number of aliphatic imine (C=N–C) groups is 1. The van der Waals surface area contributed by atoms with Crippen LogP contribution in [-0.4, -0.2) is 41.8 Å². The molecule has 0 saturated heterocycles. The third kappa shape index (κ3) is 7.71. The highest BCUT2D eigenvalue weighted by Crippen LogP contribution is 2.18. The van der Waals surface area contributed by atoms with Gasteiger partial charge in [0.25, 0.3) is 0 Å². The van der Waals surface area contributed by atoms with Crippen LogP contribution in [0.5, 0.6) is 5.88 Å². The van der Waals surface area contributed by atoms with Crippen molar-refractivity contribution in [2.75, 3.05) is 19.7 Å². The Labute approximate surface area is 166 Å². The van der Waals surface area contributed by atoms with E-state index in [0.717, 1.165) is 17.1 Å². The highest BCUT2D eigenvalue weighted by molar-refractivity contribution is 7.11. The Morgan fingerprint density at radius 3 is 2.71 bits per heavy atom. The molecule has 0 unspecified atom stereocenters. The summed E-state index contributed by atoms with van der Waals surface area (Å²) in [6.07, 6.45) is -2.20. The van der Waals surface area contributed by atoms with Crippen molar-refractivity contribution in [1.82, 2.24) is 20.6 Å². The fourth-order valence-electron chi connectivity index (χ4n) is 2.23. The van der Waals surface area contributed by atoms with Gasteiger partial charge in [0, 0.05) is 36.7 Å². The summed E-state index contributed by atoms with van der Waals surface area (Å²) in [6, 6.07) is 3.15. The van der Waals surface area contributed by atoms with Crippen molar-refractivity contribution in [1.29, 1.82) is 0 Å². The van der Waals surface area contributed by atoms with Crippen LogP contribution < -0.4 is 15.4 Å². The summed E-state index contributed by atoms with van der Waals surface area (Å²) in [6.45, 7) is 6.29.